The molecular formula is C19H22N2O3. The number of ether oxygens (including phenoxy) is 2. The Morgan fingerprint density at radius 3 is 2.29 bits per heavy atom. The van der Waals surface area contributed by atoms with Crippen molar-refractivity contribution in [1.29, 1.82) is 0 Å². The summed E-state index contributed by atoms with van der Waals surface area (Å²) in [6.07, 6.45) is 0. The number of hydrogen-bond donors (Lipinski definition) is 1. The molecule has 0 saturated carbocycles. The average molecular weight is 326 g/mol. The molecule has 0 atom stereocenters. The van der Waals surface area contributed by atoms with Crippen molar-refractivity contribution in [1.82, 2.24) is 5.43 Å². The highest BCUT2D eigenvalue weighted by molar-refractivity contribution is 5.99. The van der Waals surface area contributed by atoms with Crippen LogP contribution in [0, 0.1) is 13.8 Å². The number of carbonyl (C=O) groups excluding carboxylic acids is 1. The Kier molecular flexibility index (Phi) is 5.95. The highest BCUT2D eigenvalue weighted by Crippen LogP contribution is 2.22. The quantitative estimate of drug-likeness (QED) is 0.655. The Hall–Kier alpha value is -2.82. The van der Waals surface area contributed by atoms with Crippen molar-refractivity contribution in [3.05, 3.63) is 59.2 Å². The summed E-state index contributed by atoms with van der Waals surface area (Å²) in [6, 6.07) is 13.3. The summed E-state index contributed by atoms with van der Waals surface area (Å²) in [5.74, 6) is 1.21. The molecule has 0 aliphatic heterocycles. The third-order valence-electron chi connectivity index (χ3n) is 3.61. The fourth-order valence-corrected chi connectivity index (χ4v) is 2.24. The molecule has 2 aromatic carbocycles. The molecule has 24 heavy (non-hydrogen) atoms. The minimum absolute atomic E-state index is 0.0783. The average Bonchev–Trinajstić information content (AvgIpc) is 2.59. The SMILES string of the molecule is COc1ccc(C(C)=NNC(=O)COc2c(C)cccc2C)cc1. The van der Waals surface area contributed by atoms with Crippen molar-refractivity contribution in [3.63, 3.8) is 0 Å². The zero-order valence-electron chi connectivity index (χ0n) is 14.4. The van der Waals surface area contributed by atoms with Crippen LogP contribution in [-0.4, -0.2) is 25.3 Å². The first kappa shape index (κ1) is 17.5. The summed E-state index contributed by atoms with van der Waals surface area (Å²) in [6.45, 7) is 5.65. The summed E-state index contributed by atoms with van der Waals surface area (Å²) in [5.41, 5.74) is 6.13. The van der Waals surface area contributed by atoms with Gasteiger partial charge >= 0.3 is 0 Å². The molecule has 1 N–H and O–H groups in total. The molecule has 2 rings (SSSR count). The third-order valence-corrected chi connectivity index (χ3v) is 3.61. The van der Waals surface area contributed by atoms with Crippen molar-refractivity contribution < 1.29 is 14.3 Å². The van der Waals surface area contributed by atoms with Crippen LogP contribution in [0.3, 0.4) is 0 Å². The van der Waals surface area contributed by atoms with E-state index >= 15 is 0 Å². The zero-order chi connectivity index (χ0) is 17.5. The smallest absolute Gasteiger partial charge is 0.277 e. The predicted octanol–water partition coefficient (Wildman–Crippen LogP) is 3.23. The second-order valence-corrected chi connectivity index (χ2v) is 5.47. The van der Waals surface area contributed by atoms with Crippen molar-refractivity contribution in [3.8, 4) is 11.5 Å². The zero-order valence-corrected chi connectivity index (χ0v) is 14.4. The highest BCUT2D eigenvalue weighted by Gasteiger charge is 2.07. The first-order valence-electron chi connectivity index (χ1n) is 7.68. The molecule has 1 amide bonds. The van der Waals surface area contributed by atoms with E-state index in [1.54, 1.807) is 7.11 Å². The van der Waals surface area contributed by atoms with Gasteiger partial charge in [0.25, 0.3) is 5.91 Å². The Morgan fingerprint density at radius 2 is 1.71 bits per heavy atom. The second kappa shape index (κ2) is 8.15. The highest BCUT2D eigenvalue weighted by atomic mass is 16.5. The maximum atomic E-state index is 11.9. The lowest BCUT2D eigenvalue weighted by atomic mass is 10.1. The molecule has 0 saturated heterocycles. The van der Waals surface area contributed by atoms with E-state index in [0.29, 0.717) is 5.71 Å². The van der Waals surface area contributed by atoms with Crippen LogP contribution in [0.2, 0.25) is 0 Å². The van der Waals surface area contributed by atoms with Gasteiger partial charge in [0.1, 0.15) is 11.5 Å². The molecule has 0 unspecified atom stereocenters. The first-order valence-corrected chi connectivity index (χ1v) is 7.68. The van der Waals surface area contributed by atoms with Gasteiger partial charge in [-0.15, -0.1) is 0 Å². The van der Waals surface area contributed by atoms with Gasteiger partial charge in [0, 0.05) is 0 Å². The number of amides is 1. The van der Waals surface area contributed by atoms with Gasteiger partial charge < -0.3 is 9.47 Å². The summed E-state index contributed by atoms with van der Waals surface area (Å²) < 4.78 is 10.7. The third kappa shape index (κ3) is 4.59. The number of nitrogens with zero attached hydrogens (tertiary/aromatic N) is 1. The summed E-state index contributed by atoms with van der Waals surface area (Å²) >= 11 is 0. The number of para-hydroxylation sites is 1. The van der Waals surface area contributed by atoms with Crippen LogP contribution in [0.5, 0.6) is 11.5 Å². The van der Waals surface area contributed by atoms with E-state index < -0.39 is 0 Å². The summed E-state index contributed by atoms with van der Waals surface area (Å²) in [7, 11) is 1.62. The van der Waals surface area contributed by atoms with Crippen LogP contribution >= 0.6 is 0 Å². The standard InChI is InChI=1S/C19H22N2O3/c1-13-6-5-7-14(2)19(13)24-12-18(22)21-20-15(3)16-8-10-17(23-4)11-9-16/h5-11H,12H2,1-4H3,(H,21,22). The summed E-state index contributed by atoms with van der Waals surface area (Å²) in [4.78, 5) is 11.9. The molecule has 5 heteroatoms. The first-order chi connectivity index (χ1) is 11.5. The fourth-order valence-electron chi connectivity index (χ4n) is 2.24. The van der Waals surface area contributed by atoms with Crippen molar-refractivity contribution >= 4 is 11.6 Å². The molecule has 0 radical (unpaired) electrons. The van der Waals surface area contributed by atoms with E-state index in [1.165, 1.54) is 0 Å². The largest absolute Gasteiger partial charge is 0.497 e. The van der Waals surface area contributed by atoms with Gasteiger partial charge in [-0.3, -0.25) is 4.79 Å². The van der Waals surface area contributed by atoms with Crippen LogP contribution in [0.1, 0.15) is 23.6 Å². The number of methoxy groups -OCH3 is 1. The van der Waals surface area contributed by atoms with Crippen molar-refractivity contribution in [2.75, 3.05) is 13.7 Å². The fraction of sp³-hybridized carbons (Fsp3) is 0.263. The van der Waals surface area contributed by atoms with E-state index in [0.717, 1.165) is 28.2 Å². The van der Waals surface area contributed by atoms with Crippen LogP contribution < -0.4 is 14.9 Å². The number of hydrazone groups is 1. The molecule has 126 valence electrons. The predicted molar refractivity (Wildman–Crippen MR) is 94.8 cm³/mol. The van der Waals surface area contributed by atoms with Gasteiger partial charge in [0.2, 0.25) is 0 Å². The lowest BCUT2D eigenvalue weighted by Crippen LogP contribution is -2.26. The van der Waals surface area contributed by atoms with Crippen molar-refractivity contribution in [2.45, 2.75) is 20.8 Å². The second-order valence-electron chi connectivity index (χ2n) is 5.47. The Morgan fingerprint density at radius 1 is 1.08 bits per heavy atom. The number of nitrogens with one attached hydrogen (secondary N) is 1. The molecule has 5 nitrogen and oxygen atoms in total. The maximum absolute atomic E-state index is 11.9. The minimum Gasteiger partial charge on any atom is -0.497 e. The normalized spacial score (nSPS) is 11.1. The lowest BCUT2D eigenvalue weighted by molar-refractivity contribution is -0.123. The molecule has 0 bridgehead atoms. The van der Waals surface area contributed by atoms with Crippen LogP contribution in [0.25, 0.3) is 0 Å². The monoisotopic (exact) mass is 326 g/mol. The van der Waals surface area contributed by atoms with E-state index in [9.17, 15) is 4.79 Å². The number of carbonyl (C=O) groups is 1. The van der Waals surface area contributed by atoms with Gasteiger partial charge in [-0.25, -0.2) is 5.43 Å². The number of aryl methyl sites for hydroxylation is 2. The van der Waals surface area contributed by atoms with Gasteiger partial charge in [-0.2, -0.15) is 5.10 Å². The van der Waals surface area contributed by atoms with Gasteiger partial charge in [-0.05, 0) is 61.7 Å². The topological polar surface area (TPSA) is 59.9 Å². The van der Waals surface area contributed by atoms with E-state index in [1.807, 2.05) is 63.2 Å². The Bertz CT molecular complexity index is 717. The van der Waals surface area contributed by atoms with Crippen LogP contribution in [0.4, 0.5) is 0 Å². The van der Waals surface area contributed by atoms with Gasteiger partial charge in [0.05, 0.1) is 12.8 Å². The van der Waals surface area contributed by atoms with Gasteiger partial charge in [-0.1, -0.05) is 18.2 Å². The van der Waals surface area contributed by atoms with Gasteiger partial charge in [0.15, 0.2) is 6.61 Å². The van der Waals surface area contributed by atoms with E-state index in [4.69, 9.17) is 9.47 Å². The molecular weight excluding hydrogens is 304 g/mol. The van der Waals surface area contributed by atoms with Crippen molar-refractivity contribution in [2.24, 2.45) is 5.10 Å². The number of benzene rings is 2. The Labute approximate surface area is 142 Å². The molecule has 2 aromatic rings. The maximum Gasteiger partial charge on any atom is 0.277 e. The lowest BCUT2D eigenvalue weighted by Gasteiger charge is -2.11. The molecule has 0 heterocycles. The molecule has 0 fully saturated rings. The van der Waals surface area contributed by atoms with E-state index in [2.05, 4.69) is 10.5 Å². The van der Waals surface area contributed by atoms with E-state index in [-0.39, 0.29) is 12.5 Å². The number of hydrogen-bond acceptors (Lipinski definition) is 4. The molecule has 0 aliphatic rings. The number of rotatable bonds is 6. The molecule has 0 spiro atoms. The minimum atomic E-state index is -0.300. The molecule has 0 aromatic heterocycles. The van der Waals surface area contributed by atoms with Crippen LogP contribution in [0.15, 0.2) is 47.6 Å². The van der Waals surface area contributed by atoms with Crippen LogP contribution in [-0.2, 0) is 4.79 Å². The summed E-state index contributed by atoms with van der Waals surface area (Å²) in [5, 5.41) is 4.10. The Balaban J connectivity index is 1.92. The molecule has 0 aliphatic carbocycles.